The summed E-state index contributed by atoms with van der Waals surface area (Å²) in [5.41, 5.74) is -1.79. The Labute approximate surface area is 298 Å². The summed E-state index contributed by atoms with van der Waals surface area (Å²) in [6, 6.07) is 0. The molecule has 0 unspecified atom stereocenters. The second-order valence-corrected chi connectivity index (χ2v) is 14.9. The Balaban J connectivity index is 1.81. The van der Waals surface area contributed by atoms with Gasteiger partial charge in [0.25, 0.3) is 0 Å². The maximum absolute atomic E-state index is 13.4. The zero-order valence-electron chi connectivity index (χ0n) is 31.4. The third kappa shape index (κ3) is 12.5. The number of cyclic esters (lactones) is 1. The molecule has 3 N–H and O–H groups in total. The van der Waals surface area contributed by atoms with Crippen molar-refractivity contribution in [2.75, 3.05) is 32.7 Å². The Hall–Kier alpha value is -2.77. The molecule has 0 bridgehead atoms. The summed E-state index contributed by atoms with van der Waals surface area (Å²) >= 11 is 0. The summed E-state index contributed by atoms with van der Waals surface area (Å²) in [6.45, 7) is 17.8. The molecule has 3 heterocycles. The molecule has 0 aromatic rings. The maximum Gasteiger partial charge on any atom is 0.410 e. The van der Waals surface area contributed by atoms with E-state index in [0.29, 0.717) is 31.5 Å². The topological polar surface area (TPSA) is 159 Å². The van der Waals surface area contributed by atoms with Crippen LogP contribution in [0.25, 0.3) is 0 Å². The van der Waals surface area contributed by atoms with Crippen LogP contribution in [0.3, 0.4) is 0 Å². The average Bonchev–Trinajstić information content (AvgIpc) is 3.81. The molecular formula is C38H62N2O10. The molecule has 0 aromatic carbocycles. The first-order valence-electron chi connectivity index (χ1n) is 18.3. The highest BCUT2D eigenvalue weighted by atomic mass is 16.6. The van der Waals surface area contributed by atoms with E-state index in [0.717, 1.165) is 26.1 Å². The van der Waals surface area contributed by atoms with Crippen LogP contribution in [-0.2, 0) is 28.5 Å². The van der Waals surface area contributed by atoms with Crippen LogP contribution in [0.5, 0.6) is 0 Å². The molecule has 0 saturated carbocycles. The Morgan fingerprint density at radius 3 is 2.48 bits per heavy atom. The van der Waals surface area contributed by atoms with Gasteiger partial charge in [0.2, 0.25) is 0 Å². The molecule has 10 atom stereocenters. The fraction of sp³-hybridized carbons (Fsp3) is 0.763. The average molecular weight is 707 g/mol. The van der Waals surface area contributed by atoms with Crippen molar-refractivity contribution in [3.8, 4) is 0 Å². The SMILES string of the molecule is CCCN1CCN(C(=O)O[C@H]2/C=C/[C@H](C)[C@@H](/C(C)=C/C=C/[C@](C)(O)C[C@H]3O[C@@H]3[C@H](C)[C@@H](O)CC)OC(=O)C[C@H](O)CC[C@@]2(C)OC(C)=O)CC1. The molecular weight excluding hydrogens is 644 g/mol. The molecule has 1 amide bonds. The quantitative estimate of drug-likeness (QED) is 0.0873. The Morgan fingerprint density at radius 2 is 1.86 bits per heavy atom. The molecule has 3 aliphatic rings. The molecule has 3 rings (SSSR count). The van der Waals surface area contributed by atoms with Gasteiger partial charge in [0.15, 0.2) is 6.10 Å². The van der Waals surface area contributed by atoms with Crippen molar-refractivity contribution in [2.24, 2.45) is 11.8 Å². The number of carbonyl (C=O) groups excluding carboxylic acids is 3. The zero-order chi connectivity index (χ0) is 37.2. The van der Waals surface area contributed by atoms with Gasteiger partial charge in [-0.15, -0.1) is 0 Å². The van der Waals surface area contributed by atoms with Gasteiger partial charge in [-0.25, -0.2) is 4.79 Å². The lowest BCUT2D eigenvalue weighted by molar-refractivity contribution is -0.168. The van der Waals surface area contributed by atoms with Crippen LogP contribution in [0, 0.1) is 11.8 Å². The third-order valence-electron chi connectivity index (χ3n) is 10.1. The number of piperazine rings is 1. The molecule has 12 heteroatoms. The first-order chi connectivity index (χ1) is 23.5. The summed E-state index contributed by atoms with van der Waals surface area (Å²) in [7, 11) is 0. The predicted molar refractivity (Wildman–Crippen MR) is 189 cm³/mol. The first kappa shape index (κ1) is 41.6. The normalized spacial score (nSPS) is 33.3. The molecule has 0 radical (unpaired) electrons. The lowest BCUT2D eigenvalue weighted by Crippen LogP contribution is -2.52. The number of rotatable bonds is 12. The lowest BCUT2D eigenvalue weighted by Gasteiger charge is -2.39. The van der Waals surface area contributed by atoms with Crippen LogP contribution in [0.2, 0.25) is 0 Å². The number of carbonyl (C=O) groups is 3. The highest BCUT2D eigenvalue weighted by molar-refractivity contribution is 5.71. The largest absolute Gasteiger partial charge is 0.457 e. The summed E-state index contributed by atoms with van der Waals surface area (Å²) in [5, 5.41) is 32.0. The van der Waals surface area contributed by atoms with Gasteiger partial charge in [0, 0.05) is 51.4 Å². The molecule has 284 valence electrons. The van der Waals surface area contributed by atoms with Gasteiger partial charge in [0.1, 0.15) is 11.7 Å². The van der Waals surface area contributed by atoms with Crippen LogP contribution >= 0.6 is 0 Å². The second kappa shape index (κ2) is 18.6. The number of aliphatic hydroxyl groups excluding tert-OH is 2. The highest BCUT2D eigenvalue weighted by Gasteiger charge is 2.47. The second-order valence-electron chi connectivity index (χ2n) is 14.9. The van der Waals surface area contributed by atoms with Crippen LogP contribution in [0.4, 0.5) is 4.79 Å². The zero-order valence-corrected chi connectivity index (χ0v) is 31.4. The first-order valence-corrected chi connectivity index (χ1v) is 18.3. The van der Waals surface area contributed by atoms with Gasteiger partial charge in [-0.2, -0.15) is 0 Å². The van der Waals surface area contributed by atoms with E-state index in [1.807, 2.05) is 27.7 Å². The molecule has 2 saturated heterocycles. The molecule has 12 nitrogen and oxygen atoms in total. The predicted octanol–water partition coefficient (Wildman–Crippen LogP) is 4.31. The van der Waals surface area contributed by atoms with Crippen molar-refractivity contribution in [2.45, 2.75) is 142 Å². The van der Waals surface area contributed by atoms with Crippen molar-refractivity contribution in [3.63, 3.8) is 0 Å². The lowest BCUT2D eigenvalue weighted by atomic mass is 9.88. The van der Waals surface area contributed by atoms with E-state index in [1.165, 1.54) is 6.92 Å². The van der Waals surface area contributed by atoms with E-state index in [-0.39, 0.29) is 37.4 Å². The minimum Gasteiger partial charge on any atom is -0.457 e. The van der Waals surface area contributed by atoms with Crippen LogP contribution in [0.1, 0.15) is 93.9 Å². The number of nitrogens with zero attached hydrogens (tertiary/aromatic N) is 2. The molecule has 3 aliphatic heterocycles. The van der Waals surface area contributed by atoms with Gasteiger partial charge < -0.3 is 39.2 Å². The van der Waals surface area contributed by atoms with Gasteiger partial charge in [-0.1, -0.05) is 52.0 Å². The number of aliphatic hydroxyl groups is 3. The number of ether oxygens (including phenoxy) is 4. The fourth-order valence-electron chi connectivity index (χ4n) is 6.88. The monoisotopic (exact) mass is 706 g/mol. The molecule has 50 heavy (non-hydrogen) atoms. The number of allylic oxidation sites excluding steroid dienone is 2. The van der Waals surface area contributed by atoms with E-state index < -0.39 is 59.6 Å². The van der Waals surface area contributed by atoms with Crippen molar-refractivity contribution in [1.82, 2.24) is 9.80 Å². The molecule has 0 aliphatic carbocycles. The van der Waals surface area contributed by atoms with Gasteiger partial charge in [-0.05, 0) is 64.6 Å². The number of esters is 2. The fourth-order valence-corrected chi connectivity index (χ4v) is 6.88. The van der Waals surface area contributed by atoms with E-state index in [4.69, 9.17) is 18.9 Å². The van der Waals surface area contributed by atoms with E-state index in [1.54, 1.807) is 49.1 Å². The van der Waals surface area contributed by atoms with Crippen LogP contribution in [-0.4, -0.2) is 124 Å². The Bertz CT molecular complexity index is 1230. The minimum absolute atomic E-state index is 0.0213. The number of hydrogen-bond acceptors (Lipinski definition) is 11. The van der Waals surface area contributed by atoms with Crippen molar-refractivity contribution in [1.29, 1.82) is 0 Å². The van der Waals surface area contributed by atoms with E-state index in [9.17, 15) is 29.7 Å². The number of amides is 1. The van der Waals surface area contributed by atoms with Crippen molar-refractivity contribution in [3.05, 3.63) is 36.0 Å². The maximum atomic E-state index is 13.4. The van der Waals surface area contributed by atoms with Crippen molar-refractivity contribution >= 4 is 18.0 Å². The van der Waals surface area contributed by atoms with Gasteiger partial charge >= 0.3 is 18.0 Å². The molecule has 2 fully saturated rings. The summed E-state index contributed by atoms with van der Waals surface area (Å²) in [6.07, 6.45) is 6.65. The van der Waals surface area contributed by atoms with Gasteiger partial charge in [0.05, 0.1) is 36.4 Å². The van der Waals surface area contributed by atoms with Crippen LogP contribution in [0.15, 0.2) is 36.0 Å². The Kier molecular flexibility index (Phi) is 15.5. The number of epoxide rings is 1. The summed E-state index contributed by atoms with van der Waals surface area (Å²) in [4.78, 5) is 42.7. The number of hydrogen-bond donors (Lipinski definition) is 3. The highest BCUT2D eigenvalue weighted by Crippen LogP contribution is 2.38. The Morgan fingerprint density at radius 1 is 1.18 bits per heavy atom. The van der Waals surface area contributed by atoms with E-state index in [2.05, 4.69) is 11.8 Å². The van der Waals surface area contributed by atoms with Crippen LogP contribution < -0.4 is 0 Å². The summed E-state index contributed by atoms with van der Waals surface area (Å²) < 4.78 is 23.5. The van der Waals surface area contributed by atoms with Crippen molar-refractivity contribution < 1.29 is 48.7 Å². The summed E-state index contributed by atoms with van der Waals surface area (Å²) in [5.74, 6) is -1.56. The third-order valence-corrected chi connectivity index (χ3v) is 10.1. The smallest absolute Gasteiger partial charge is 0.410 e. The minimum atomic E-state index is -1.31. The molecule has 0 spiro atoms. The molecule has 0 aromatic heterocycles. The van der Waals surface area contributed by atoms with E-state index >= 15 is 0 Å². The van der Waals surface area contributed by atoms with Gasteiger partial charge in [-0.3, -0.25) is 14.5 Å². The standard InChI is InChI=1S/C38H62N2O10/c1-9-18-39-19-21-40(22-20-39)36(45)48-32-14-13-26(4)34(49-33(44)23-29(42)15-17-38(32,8)50-28(6)41)25(3)12-11-16-37(7,46)24-31-35(47-31)27(5)30(43)10-2/h11-14,16,26-27,29-32,34-35,42-43,46H,9-10,15,17-24H2,1-8H3/b14-13+,16-11+,25-12+/t26-,27+,29+,30-,31+,32-,34+,35+,37-,38+/m0/s1.